The van der Waals surface area contributed by atoms with Crippen molar-refractivity contribution in [1.82, 2.24) is 9.88 Å². The normalized spacial score (nSPS) is 14.0. The van der Waals surface area contributed by atoms with Gasteiger partial charge in [0.15, 0.2) is 0 Å². The van der Waals surface area contributed by atoms with Gasteiger partial charge in [-0.15, -0.1) is 0 Å². The van der Waals surface area contributed by atoms with Crippen molar-refractivity contribution in [2.24, 2.45) is 0 Å². The van der Waals surface area contributed by atoms with Gasteiger partial charge in [-0.1, -0.05) is 6.07 Å². The van der Waals surface area contributed by atoms with Gasteiger partial charge in [0.2, 0.25) is 0 Å². The summed E-state index contributed by atoms with van der Waals surface area (Å²) in [7, 11) is -3.02. The maximum absolute atomic E-state index is 11.4. The third-order valence-electron chi connectivity index (χ3n) is 4.75. The van der Waals surface area contributed by atoms with Crippen LogP contribution in [-0.4, -0.2) is 67.6 Å². The Labute approximate surface area is 162 Å². The summed E-state index contributed by atoms with van der Waals surface area (Å²) in [5.41, 5.74) is 2.37. The predicted octanol–water partition coefficient (Wildman–Crippen LogP) is 1.97. The molecule has 1 aliphatic rings. The molecule has 0 saturated heterocycles. The van der Waals surface area contributed by atoms with E-state index in [1.807, 2.05) is 0 Å². The average molecular weight is 398 g/mol. The van der Waals surface area contributed by atoms with E-state index in [4.69, 9.17) is 10.1 Å². The highest BCUT2D eigenvalue weighted by atomic mass is 32.2. The second kappa shape index (κ2) is 10.6. The molecule has 0 bridgehead atoms. The summed E-state index contributed by atoms with van der Waals surface area (Å²) in [6.45, 7) is 2.83. The number of pyridine rings is 1. The van der Waals surface area contributed by atoms with E-state index in [0.29, 0.717) is 19.5 Å². The molecule has 152 valence electrons. The fourth-order valence-electron chi connectivity index (χ4n) is 3.23. The molecule has 0 atom stereocenters. The van der Waals surface area contributed by atoms with Gasteiger partial charge in [0.1, 0.15) is 15.7 Å². The molecule has 0 radical (unpaired) electrons. The van der Waals surface area contributed by atoms with Crippen LogP contribution in [0.2, 0.25) is 0 Å². The van der Waals surface area contributed by atoms with E-state index in [-0.39, 0.29) is 12.2 Å². The van der Waals surface area contributed by atoms with Gasteiger partial charge < -0.3 is 15.3 Å². The van der Waals surface area contributed by atoms with Gasteiger partial charge in [0.25, 0.3) is 0 Å². The number of aryl methyl sites for hydroxylation is 2. The van der Waals surface area contributed by atoms with Crippen LogP contribution in [0.1, 0.15) is 43.4 Å². The average Bonchev–Trinajstić information content (AvgIpc) is 2.61. The molecule has 0 saturated carbocycles. The summed E-state index contributed by atoms with van der Waals surface area (Å²) in [5.74, 6) is 0.311. The van der Waals surface area contributed by atoms with Crippen LogP contribution in [0.25, 0.3) is 0 Å². The lowest BCUT2D eigenvalue weighted by Gasteiger charge is -2.21. The third kappa shape index (κ3) is 8.71. The lowest BCUT2D eigenvalue weighted by atomic mass is 10.1. The second-order valence-electron chi connectivity index (χ2n) is 7.27. The lowest BCUT2D eigenvalue weighted by molar-refractivity contribution is -0.137. The second-order valence-corrected chi connectivity index (χ2v) is 9.53. The molecular weight excluding hydrogens is 366 g/mol. The number of fused-ring (bicyclic) bond motifs is 1. The van der Waals surface area contributed by atoms with Crippen molar-refractivity contribution in [1.29, 1.82) is 0 Å². The number of anilines is 1. The summed E-state index contributed by atoms with van der Waals surface area (Å²) in [5, 5.41) is 12.1. The van der Waals surface area contributed by atoms with E-state index in [2.05, 4.69) is 22.3 Å². The van der Waals surface area contributed by atoms with E-state index >= 15 is 0 Å². The molecule has 1 aromatic rings. The van der Waals surface area contributed by atoms with Gasteiger partial charge in [-0.3, -0.25) is 4.79 Å². The van der Waals surface area contributed by atoms with E-state index in [1.165, 1.54) is 11.8 Å². The Bertz CT molecular complexity index is 722. The van der Waals surface area contributed by atoms with Crippen molar-refractivity contribution in [3.8, 4) is 0 Å². The number of hydrogen-bond acceptors (Lipinski definition) is 6. The van der Waals surface area contributed by atoms with Gasteiger partial charge in [0.05, 0.1) is 5.75 Å². The summed E-state index contributed by atoms with van der Waals surface area (Å²) < 4.78 is 22.8. The van der Waals surface area contributed by atoms with E-state index < -0.39 is 15.8 Å². The standard InChI is InChI=1S/C19H31N3O4S/c1-27(25,26)15-14-22(13-5-8-18(23)24)12-3-2-7-17-10-9-16-6-4-11-20-19(16)21-17/h9-10H,2-8,11-15H2,1H3,(H,20,21)(H,23,24). The number of sulfone groups is 1. The number of unbranched alkanes of at least 4 members (excludes halogenated alkanes) is 1. The van der Waals surface area contributed by atoms with Crippen molar-refractivity contribution in [3.05, 3.63) is 23.4 Å². The zero-order chi connectivity index (χ0) is 19.7. The zero-order valence-electron chi connectivity index (χ0n) is 16.1. The third-order valence-corrected chi connectivity index (χ3v) is 5.68. The molecule has 0 spiro atoms. The molecule has 27 heavy (non-hydrogen) atoms. The molecular formula is C19H31N3O4S. The molecule has 2 N–H and O–H groups in total. The first-order valence-corrected chi connectivity index (χ1v) is 11.7. The summed E-state index contributed by atoms with van der Waals surface area (Å²) >= 11 is 0. The first kappa shape index (κ1) is 21.6. The number of hydrogen-bond donors (Lipinski definition) is 2. The van der Waals surface area contributed by atoms with Crippen molar-refractivity contribution in [3.63, 3.8) is 0 Å². The van der Waals surface area contributed by atoms with Crippen LogP contribution in [0, 0.1) is 0 Å². The molecule has 1 aliphatic heterocycles. The largest absolute Gasteiger partial charge is 0.481 e. The van der Waals surface area contributed by atoms with Gasteiger partial charge in [-0.05, 0) is 63.2 Å². The summed E-state index contributed by atoms with van der Waals surface area (Å²) in [4.78, 5) is 17.5. The Hall–Kier alpha value is -1.67. The first-order valence-electron chi connectivity index (χ1n) is 9.68. The van der Waals surface area contributed by atoms with Gasteiger partial charge in [-0.2, -0.15) is 0 Å². The van der Waals surface area contributed by atoms with E-state index in [9.17, 15) is 13.2 Å². The highest BCUT2D eigenvalue weighted by Gasteiger charge is 2.12. The van der Waals surface area contributed by atoms with Gasteiger partial charge in [0, 0.05) is 31.5 Å². The van der Waals surface area contributed by atoms with Crippen LogP contribution in [0.15, 0.2) is 12.1 Å². The molecule has 7 nitrogen and oxygen atoms in total. The minimum atomic E-state index is -3.02. The smallest absolute Gasteiger partial charge is 0.303 e. The lowest BCUT2D eigenvalue weighted by Crippen LogP contribution is -2.31. The van der Waals surface area contributed by atoms with Crippen molar-refractivity contribution < 1.29 is 18.3 Å². The number of nitrogens with one attached hydrogen (secondary N) is 1. The molecule has 2 heterocycles. The maximum atomic E-state index is 11.4. The summed E-state index contributed by atoms with van der Waals surface area (Å²) in [6, 6.07) is 4.26. The quantitative estimate of drug-likeness (QED) is 0.520. The Kier molecular flexibility index (Phi) is 8.50. The van der Waals surface area contributed by atoms with Crippen LogP contribution < -0.4 is 5.32 Å². The van der Waals surface area contributed by atoms with E-state index in [0.717, 1.165) is 56.7 Å². The monoisotopic (exact) mass is 397 g/mol. The molecule has 0 fully saturated rings. The van der Waals surface area contributed by atoms with Crippen LogP contribution in [0.4, 0.5) is 5.82 Å². The molecule has 1 aromatic heterocycles. The van der Waals surface area contributed by atoms with Crippen molar-refractivity contribution >= 4 is 21.6 Å². The maximum Gasteiger partial charge on any atom is 0.303 e. The number of carboxylic acid groups (broad SMARTS) is 1. The Morgan fingerprint density at radius 2 is 2.00 bits per heavy atom. The fourth-order valence-corrected chi connectivity index (χ4v) is 3.82. The van der Waals surface area contributed by atoms with Crippen molar-refractivity contribution in [2.45, 2.75) is 44.9 Å². The minimum Gasteiger partial charge on any atom is -0.481 e. The zero-order valence-corrected chi connectivity index (χ0v) is 16.9. The molecule has 0 aliphatic carbocycles. The Morgan fingerprint density at radius 3 is 2.74 bits per heavy atom. The number of nitrogens with zero attached hydrogens (tertiary/aromatic N) is 2. The SMILES string of the molecule is CS(=O)(=O)CCN(CCCCc1ccc2c(n1)NCCC2)CCCC(=O)O. The number of aliphatic carboxylic acids is 1. The van der Waals surface area contributed by atoms with Crippen LogP contribution in [-0.2, 0) is 27.5 Å². The van der Waals surface area contributed by atoms with Crippen LogP contribution in [0.5, 0.6) is 0 Å². The highest BCUT2D eigenvalue weighted by Crippen LogP contribution is 2.20. The fraction of sp³-hybridized carbons (Fsp3) is 0.684. The first-order chi connectivity index (χ1) is 12.8. The number of aromatic nitrogens is 1. The van der Waals surface area contributed by atoms with Crippen molar-refractivity contribution in [2.75, 3.05) is 43.5 Å². The summed E-state index contributed by atoms with van der Waals surface area (Å²) in [6.07, 6.45) is 6.92. The molecule has 0 unspecified atom stereocenters. The number of rotatable bonds is 12. The number of carbonyl (C=O) groups is 1. The highest BCUT2D eigenvalue weighted by molar-refractivity contribution is 7.90. The van der Waals surface area contributed by atoms with Gasteiger partial charge in [-0.25, -0.2) is 13.4 Å². The molecule has 0 aromatic carbocycles. The molecule has 2 rings (SSSR count). The Morgan fingerprint density at radius 1 is 1.22 bits per heavy atom. The van der Waals surface area contributed by atoms with Crippen LogP contribution in [0.3, 0.4) is 0 Å². The molecule has 8 heteroatoms. The van der Waals surface area contributed by atoms with Gasteiger partial charge >= 0.3 is 5.97 Å². The van der Waals surface area contributed by atoms with Crippen LogP contribution >= 0.6 is 0 Å². The predicted molar refractivity (Wildman–Crippen MR) is 107 cm³/mol. The molecule has 0 amide bonds. The topological polar surface area (TPSA) is 99.6 Å². The minimum absolute atomic E-state index is 0.109. The Balaban J connectivity index is 1.76. The number of carboxylic acids is 1. The van der Waals surface area contributed by atoms with E-state index in [1.54, 1.807) is 0 Å².